The molecule has 0 unspecified atom stereocenters. The van der Waals surface area contributed by atoms with Crippen LogP contribution in [0.3, 0.4) is 0 Å². The topological polar surface area (TPSA) is 124 Å². The molecule has 0 spiro atoms. The molecule has 0 atom stereocenters. The minimum Gasteiger partial charge on any atom is -0.463 e. The molecular weight excluding hydrogens is 528 g/mol. The third-order valence-corrected chi connectivity index (χ3v) is 8.28. The number of rotatable bonds is 20. The van der Waals surface area contributed by atoms with Crippen LogP contribution >= 0.6 is 11.6 Å². The van der Waals surface area contributed by atoms with E-state index in [1.165, 1.54) is 51.4 Å². The number of hydrogen-bond donors (Lipinski definition) is 1. The Kier molecular flexibility index (Phi) is 14.5. The quantitative estimate of drug-likeness (QED) is 0.0890. The number of ether oxygens (including phenoxy) is 1. The first kappa shape index (κ1) is 32.4. The predicted molar refractivity (Wildman–Crippen MR) is 150 cm³/mol. The van der Waals surface area contributed by atoms with Gasteiger partial charge in [-0.25, -0.2) is 18.4 Å². The van der Waals surface area contributed by atoms with Gasteiger partial charge in [-0.1, -0.05) is 70.6 Å². The Hall–Kier alpha value is -1.78. The van der Waals surface area contributed by atoms with Gasteiger partial charge in [-0.2, -0.15) is 4.98 Å². The van der Waals surface area contributed by atoms with Crippen molar-refractivity contribution in [2.75, 3.05) is 12.4 Å². The Morgan fingerprint density at radius 1 is 0.895 bits per heavy atom. The first-order chi connectivity index (χ1) is 18.2. The number of hydrogen-bond acceptors (Lipinski definition) is 8. The Bertz CT molecular complexity index is 1100. The van der Waals surface area contributed by atoms with Crippen molar-refractivity contribution < 1.29 is 23.1 Å². The van der Waals surface area contributed by atoms with Crippen molar-refractivity contribution in [2.24, 2.45) is 0 Å². The monoisotopic (exact) mass is 572 g/mol. The fourth-order valence-corrected chi connectivity index (χ4v) is 5.97. The summed E-state index contributed by atoms with van der Waals surface area (Å²) < 4.78 is 32.3. The summed E-state index contributed by atoms with van der Waals surface area (Å²) in [5, 5.41) is 8.84. The van der Waals surface area contributed by atoms with Gasteiger partial charge in [0, 0.05) is 13.0 Å². The fraction of sp³-hybridized carbons (Fsp3) is 0.778. The van der Waals surface area contributed by atoms with Crippen LogP contribution in [0.4, 0.5) is 0 Å². The van der Waals surface area contributed by atoms with Crippen LogP contribution in [-0.4, -0.2) is 57.5 Å². The molecule has 1 N–H and O–H groups in total. The van der Waals surface area contributed by atoms with Gasteiger partial charge in [0.25, 0.3) is 0 Å². The van der Waals surface area contributed by atoms with E-state index in [0.29, 0.717) is 24.3 Å². The smallest absolute Gasteiger partial charge is 0.306 e. The molecule has 216 valence electrons. The minimum absolute atomic E-state index is 0.0225. The molecule has 0 amide bonds. The zero-order valence-corrected chi connectivity index (χ0v) is 24.8. The molecule has 0 saturated heterocycles. The van der Waals surface area contributed by atoms with E-state index in [2.05, 4.69) is 15.0 Å². The molecule has 0 aliphatic heterocycles. The molecule has 0 saturated carbocycles. The van der Waals surface area contributed by atoms with Gasteiger partial charge in [-0.15, -0.1) is 0 Å². The summed E-state index contributed by atoms with van der Waals surface area (Å²) in [5.41, 5.74) is 0.638. The summed E-state index contributed by atoms with van der Waals surface area (Å²) in [7, 11) is -3.80. The molecule has 0 aromatic carbocycles. The molecule has 0 bridgehead atoms. The van der Waals surface area contributed by atoms with E-state index in [1.807, 2.05) is 25.3 Å². The van der Waals surface area contributed by atoms with Gasteiger partial charge >= 0.3 is 5.97 Å². The molecule has 9 nitrogen and oxygen atoms in total. The van der Waals surface area contributed by atoms with Crippen LogP contribution in [0.1, 0.15) is 110 Å². The highest BCUT2D eigenvalue weighted by Gasteiger charge is 2.25. The lowest BCUT2D eigenvalue weighted by atomic mass is 10.0. The van der Waals surface area contributed by atoms with Crippen LogP contribution in [0.25, 0.3) is 11.2 Å². The van der Waals surface area contributed by atoms with Crippen molar-refractivity contribution in [3.63, 3.8) is 0 Å². The van der Waals surface area contributed by atoms with E-state index in [0.717, 1.165) is 32.1 Å². The molecule has 0 radical (unpaired) electrons. The Balaban J connectivity index is 1.59. The van der Waals surface area contributed by atoms with E-state index in [9.17, 15) is 13.2 Å². The molecule has 0 aliphatic carbocycles. The molecule has 2 rings (SSSR count). The van der Waals surface area contributed by atoms with Crippen LogP contribution in [0.15, 0.2) is 5.03 Å². The van der Waals surface area contributed by atoms with Crippen molar-refractivity contribution in [2.45, 2.75) is 128 Å². The molecule has 2 aromatic rings. The molecule has 11 heteroatoms. The molecule has 2 heterocycles. The summed E-state index contributed by atoms with van der Waals surface area (Å²) in [6.07, 6.45) is 15.6. The van der Waals surface area contributed by atoms with E-state index in [4.69, 9.17) is 21.4 Å². The van der Waals surface area contributed by atoms with Crippen LogP contribution in [0, 0.1) is 6.92 Å². The van der Waals surface area contributed by atoms with Gasteiger partial charge in [0.1, 0.15) is 11.3 Å². The average molecular weight is 573 g/mol. The number of carbonyl (C=O) groups is 1. The number of esters is 1. The second-order valence-corrected chi connectivity index (χ2v) is 12.6. The third kappa shape index (κ3) is 11.1. The average Bonchev–Trinajstić information content (AvgIpc) is 3.14. The summed E-state index contributed by atoms with van der Waals surface area (Å²) >= 11 is 5.94. The number of nitrogens with zero attached hydrogens (tertiary/aromatic N) is 4. The summed E-state index contributed by atoms with van der Waals surface area (Å²) in [4.78, 5) is 24.0. The van der Waals surface area contributed by atoms with E-state index < -0.39 is 22.2 Å². The molecule has 2 aromatic heterocycles. The number of imidazole rings is 1. The largest absolute Gasteiger partial charge is 0.463 e. The second-order valence-electron chi connectivity index (χ2n) is 10.2. The highest BCUT2D eigenvalue weighted by molar-refractivity contribution is 7.91. The molecule has 0 fully saturated rings. The maximum absolute atomic E-state index is 12.6. The maximum Gasteiger partial charge on any atom is 0.306 e. The summed E-state index contributed by atoms with van der Waals surface area (Å²) in [6, 6.07) is 0. The number of carbonyl (C=O) groups excluding carboxylic acids is 1. The van der Waals surface area contributed by atoms with E-state index in [1.54, 1.807) is 0 Å². The Morgan fingerprint density at radius 3 is 1.95 bits per heavy atom. The SMILES string of the molecule is Cc1nc2nc(Cl)nc(S(=O)(=O)CCO)c2n1CCCCCCCCCCCCCCCC(=O)OC(C)C. The lowest BCUT2D eigenvalue weighted by molar-refractivity contribution is -0.147. The number of aliphatic hydroxyl groups excluding tert-OH is 1. The first-order valence-electron chi connectivity index (χ1n) is 14.1. The highest BCUT2D eigenvalue weighted by Crippen LogP contribution is 2.25. The fourth-order valence-electron chi connectivity index (χ4n) is 4.60. The van der Waals surface area contributed by atoms with Crippen molar-refractivity contribution in [3.05, 3.63) is 11.1 Å². The molecule has 38 heavy (non-hydrogen) atoms. The van der Waals surface area contributed by atoms with E-state index in [-0.39, 0.29) is 28.0 Å². The number of aromatic nitrogens is 4. The van der Waals surface area contributed by atoms with Crippen LogP contribution in [-0.2, 0) is 25.9 Å². The van der Waals surface area contributed by atoms with Gasteiger partial charge in [-0.3, -0.25) is 4.79 Å². The zero-order valence-electron chi connectivity index (χ0n) is 23.3. The lowest BCUT2D eigenvalue weighted by Gasteiger charge is -2.10. The van der Waals surface area contributed by atoms with Crippen molar-refractivity contribution in [3.8, 4) is 0 Å². The first-order valence-corrected chi connectivity index (χ1v) is 16.1. The maximum atomic E-state index is 12.6. The van der Waals surface area contributed by atoms with Crippen LogP contribution < -0.4 is 0 Å². The standard InChI is InChI=1S/C27H45ClN4O5S/c1-21(2)37-23(34)17-15-13-11-9-7-5-4-6-8-10-12-14-16-18-32-22(3)29-25-24(32)26(31-27(28)30-25)38(35,36)20-19-33/h21,33H,4-20H2,1-3H3. The Morgan fingerprint density at radius 2 is 1.42 bits per heavy atom. The number of unbranched alkanes of at least 4 members (excludes halogenated alkanes) is 12. The third-order valence-electron chi connectivity index (χ3n) is 6.52. The summed E-state index contributed by atoms with van der Waals surface area (Å²) in [5.74, 6) is 0.172. The van der Waals surface area contributed by atoms with E-state index >= 15 is 0 Å². The van der Waals surface area contributed by atoms with Gasteiger partial charge < -0.3 is 14.4 Å². The van der Waals surface area contributed by atoms with Crippen LogP contribution in [0.5, 0.6) is 0 Å². The van der Waals surface area contributed by atoms with Gasteiger partial charge in [0.2, 0.25) is 5.28 Å². The van der Waals surface area contributed by atoms with Gasteiger partial charge in [-0.05, 0) is 45.2 Å². The highest BCUT2D eigenvalue weighted by atomic mass is 35.5. The lowest BCUT2D eigenvalue weighted by Crippen LogP contribution is -2.15. The normalized spacial score (nSPS) is 12.1. The minimum atomic E-state index is -3.80. The summed E-state index contributed by atoms with van der Waals surface area (Å²) in [6.45, 7) is 5.73. The second kappa shape index (κ2) is 17.0. The number of aliphatic hydroxyl groups is 1. The Labute approximate surface area is 232 Å². The number of aryl methyl sites for hydroxylation is 2. The number of halogens is 1. The predicted octanol–water partition coefficient (Wildman–Crippen LogP) is 5.97. The van der Waals surface area contributed by atoms with Crippen molar-refractivity contribution in [1.29, 1.82) is 0 Å². The number of fused-ring (bicyclic) bond motifs is 1. The zero-order chi connectivity index (χ0) is 28.0. The molecule has 0 aliphatic rings. The molecular formula is C27H45ClN4O5S. The van der Waals surface area contributed by atoms with Gasteiger partial charge in [0.15, 0.2) is 20.5 Å². The van der Waals surface area contributed by atoms with Gasteiger partial charge in [0.05, 0.1) is 18.5 Å². The number of sulfone groups is 1. The van der Waals surface area contributed by atoms with Crippen LogP contribution in [0.2, 0.25) is 5.28 Å². The van der Waals surface area contributed by atoms with Crippen molar-refractivity contribution in [1.82, 2.24) is 19.5 Å². The van der Waals surface area contributed by atoms with Crippen molar-refractivity contribution >= 4 is 38.6 Å².